The van der Waals surface area contributed by atoms with Crippen molar-refractivity contribution in [2.75, 3.05) is 5.73 Å². The number of hydrogen-bond acceptors (Lipinski definition) is 3. The van der Waals surface area contributed by atoms with Crippen LogP contribution in [0.5, 0.6) is 0 Å². The number of benzene rings is 1. The van der Waals surface area contributed by atoms with Crippen molar-refractivity contribution in [1.29, 1.82) is 0 Å². The summed E-state index contributed by atoms with van der Waals surface area (Å²) in [5.74, 6) is 0.395. The molecule has 0 bridgehead atoms. The minimum absolute atomic E-state index is 0.395. The number of nitrogens with zero attached hydrogens (tertiary/aromatic N) is 2. The van der Waals surface area contributed by atoms with Gasteiger partial charge in [-0.3, -0.25) is 0 Å². The van der Waals surface area contributed by atoms with Crippen LogP contribution in [0.4, 0.5) is 5.95 Å². The number of hydrogen-bond donors (Lipinski definition) is 3. The largest absolute Gasteiger partial charge is 0.369 e. The molecule has 2 heterocycles. The van der Waals surface area contributed by atoms with Gasteiger partial charge in [-0.15, -0.1) is 0 Å². The molecule has 0 atom stereocenters. The van der Waals surface area contributed by atoms with Gasteiger partial charge in [0.15, 0.2) is 5.95 Å². The lowest BCUT2D eigenvalue weighted by Crippen LogP contribution is -1.85. The molecule has 0 aliphatic carbocycles. The number of nitrogens with one attached hydrogen (secondary N) is 2. The standard InChI is InChI=1S/C10H8BrN5/c11-9-8(15-10(12)16-9)5-1-2-6-7(3-5)14-4-13-6/h1-4H,(H,13,14)(H3,12,15,16). The van der Waals surface area contributed by atoms with E-state index in [1.807, 2.05) is 18.2 Å². The van der Waals surface area contributed by atoms with E-state index in [1.54, 1.807) is 6.33 Å². The van der Waals surface area contributed by atoms with Crippen LogP contribution in [0.25, 0.3) is 22.3 Å². The van der Waals surface area contributed by atoms with Gasteiger partial charge in [-0.2, -0.15) is 0 Å². The van der Waals surface area contributed by atoms with E-state index in [-0.39, 0.29) is 0 Å². The summed E-state index contributed by atoms with van der Waals surface area (Å²) in [6.45, 7) is 0. The van der Waals surface area contributed by atoms with Crippen molar-refractivity contribution in [2.24, 2.45) is 0 Å². The molecule has 0 saturated heterocycles. The Hall–Kier alpha value is -1.82. The van der Waals surface area contributed by atoms with Crippen molar-refractivity contribution >= 4 is 32.9 Å². The maximum atomic E-state index is 5.59. The molecule has 0 saturated carbocycles. The Morgan fingerprint density at radius 1 is 1.31 bits per heavy atom. The van der Waals surface area contributed by atoms with E-state index >= 15 is 0 Å². The minimum Gasteiger partial charge on any atom is -0.369 e. The fraction of sp³-hybridized carbons (Fsp3) is 0. The van der Waals surface area contributed by atoms with E-state index in [2.05, 4.69) is 35.9 Å². The van der Waals surface area contributed by atoms with Gasteiger partial charge in [0.25, 0.3) is 0 Å². The zero-order chi connectivity index (χ0) is 11.1. The van der Waals surface area contributed by atoms with Gasteiger partial charge in [-0.05, 0) is 28.1 Å². The zero-order valence-electron chi connectivity index (χ0n) is 8.16. The Labute approximate surface area is 99.2 Å². The number of aromatic nitrogens is 4. The molecule has 2 aromatic heterocycles. The normalized spacial score (nSPS) is 11.1. The summed E-state index contributed by atoms with van der Waals surface area (Å²) in [6, 6.07) is 5.89. The van der Waals surface area contributed by atoms with E-state index < -0.39 is 0 Å². The molecular formula is C10H8BrN5. The molecule has 4 N–H and O–H groups in total. The van der Waals surface area contributed by atoms with Gasteiger partial charge in [0.05, 0.1) is 17.4 Å². The molecule has 0 radical (unpaired) electrons. The van der Waals surface area contributed by atoms with Crippen LogP contribution in [-0.4, -0.2) is 19.9 Å². The SMILES string of the molecule is Nc1nc(-c2ccc3nc[nH]c3c2)c(Br)[nH]1. The fourth-order valence-electron chi connectivity index (χ4n) is 1.64. The van der Waals surface area contributed by atoms with Crippen LogP contribution in [0.2, 0.25) is 0 Å². The molecule has 5 nitrogen and oxygen atoms in total. The third kappa shape index (κ3) is 1.38. The summed E-state index contributed by atoms with van der Waals surface area (Å²) in [4.78, 5) is 14.3. The first-order valence-corrected chi connectivity index (χ1v) is 5.48. The maximum absolute atomic E-state index is 5.59. The predicted octanol–water partition coefficient (Wildman–Crippen LogP) is 2.30. The quantitative estimate of drug-likeness (QED) is 0.638. The highest BCUT2D eigenvalue weighted by Gasteiger charge is 2.09. The van der Waals surface area contributed by atoms with Gasteiger partial charge in [0, 0.05) is 5.56 Å². The first kappa shape index (κ1) is 9.41. The van der Waals surface area contributed by atoms with E-state index in [0.717, 1.165) is 26.9 Å². The van der Waals surface area contributed by atoms with Gasteiger partial charge in [0.2, 0.25) is 0 Å². The van der Waals surface area contributed by atoms with E-state index in [4.69, 9.17) is 5.73 Å². The highest BCUT2D eigenvalue weighted by Crippen LogP contribution is 2.28. The van der Waals surface area contributed by atoms with Crippen LogP contribution < -0.4 is 5.73 Å². The van der Waals surface area contributed by atoms with Crippen LogP contribution in [0, 0.1) is 0 Å². The molecule has 0 aliphatic heterocycles. The number of halogens is 1. The van der Waals surface area contributed by atoms with E-state index in [9.17, 15) is 0 Å². The van der Waals surface area contributed by atoms with Crippen molar-refractivity contribution < 1.29 is 0 Å². The van der Waals surface area contributed by atoms with Crippen molar-refractivity contribution in [2.45, 2.75) is 0 Å². The number of aromatic amines is 2. The molecule has 1 aromatic carbocycles. The predicted molar refractivity (Wildman–Crippen MR) is 65.8 cm³/mol. The van der Waals surface area contributed by atoms with Crippen LogP contribution >= 0.6 is 15.9 Å². The van der Waals surface area contributed by atoms with Crippen LogP contribution in [0.3, 0.4) is 0 Å². The molecule has 3 rings (SSSR count). The fourth-order valence-corrected chi connectivity index (χ4v) is 2.16. The van der Waals surface area contributed by atoms with Crippen molar-refractivity contribution in [3.63, 3.8) is 0 Å². The van der Waals surface area contributed by atoms with Gasteiger partial charge in [-0.1, -0.05) is 6.07 Å². The summed E-state index contributed by atoms with van der Waals surface area (Å²) in [5, 5.41) is 0. The maximum Gasteiger partial charge on any atom is 0.198 e. The Morgan fingerprint density at radius 3 is 2.94 bits per heavy atom. The summed E-state index contributed by atoms with van der Waals surface area (Å²) in [6.07, 6.45) is 1.67. The van der Waals surface area contributed by atoms with Crippen molar-refractivity contribution in [3.8, 4) is 11.3 Å². The molecule has 0 unspecified atom stereocenters. The Bertz CT molecular complexity index is 654. The molecule has 16 heavy (non-hydrogen) atoms. The van der Waals surface area contributed by atoms with E-state index in [1.165, 1.54) is 0 Å². The lowest BCUT2D eigenvalue weighted by Gasteiger charge is -1.97. The van der Waals surface area contributed by atoms with Crippen LogP contribution in [0.1, 0.15) is 0 Å². The van der Waals surface area contributed by atoms with Crippen molar-refractivity contribution in [3.05, 3.63) is 29.1 Å². The number of nitrogen functional groups attached to an aromatic ring is 1. The monoisotopic (exact) mass is 277 g/mol. The topological polar surface area (TPSA) is 83.4 Å². The van der Waals surface area contributed by atoms with Crippen LogP contribution in [-0.2, 0) is 0 Å². The lowest BCUT2D eigenvalue weighted by molar-refractivity contribution is 1.31. The van der Waals surface area contributed by atoms with Gasteiger partial charge >= 0.3 is 0 Å². The Morgan fingerprint density at radius 2 is 2.19 bits per heavy atom. The van der Waals surface area contributed by atoms with Gasteiger partial charge in [-0.25, -0.2) is 9.97 Å². The number of anilines is 1. The molecule has 80 valence electrons. The molecule has 0 spiro atoms. The van der Waals surface area contributed by atoms with E-state index in [0.29, 0.717) is 5.95 Å². The van der Waals surface area contributed by atoms with Gasteiger partial charge < -0.3 is 15.7 Å². The average molecular weight is 278 g/mol. The summed E-state index contributed by atoms with van der Waals surface area (Å²) >= 11 is 3.38. The molecular weight excluding hydrogens is 270 g/mol. The second kappa shape index (κ2) is 3.34. The summed E-state index contributed by atoms with van der Waals surface area (Å²) < 4.78 is 0.781. The second-order valence-electron chi connectivity index (χ2n) is 3.42. The first-order valence-electron chi connectivity index (χ1n) is 4.68. The van der Waals surface area contributed by atoms with Gasteiger partial charge in [0.1, 0.15) is 10.3 Å². The number of fused-ring (bicyclic) bond motifs is 1. The third-order valence-corrected chi connectivity index (χ3v) is 2.95. The Balaban J connectivity index is 2.21. The third-order valence-electron chi connectivity index (χ3n) is 2.37. The number of nitrogens with two attached hydrogens (primary N) is 1. The van der Waals surface area contributed by atoms with Crippen LogP contribution in [0.15, 0.2) is 29.1 Å². The smallest absolute Gasteiger partial charge is 0.198 e. The molecule has 6 heteroatoms. The highest BCUT2D eigenvalue weighted by atomic mass is 79.9. The zero-order valence-corrected chi connectivity index (χ0v) is 9.75. The lowest BCUT2D eigenvalue weighted by atomic mass is 10.1. The molecule has 3 aromatic rings. The number of H-pyrrole nitrogens is 2. The minimum atomic E-state index is 0.395. The number of rotatable bonds is 1. The molecule has 0 aliphatic rings. The summed E-state index contributed by atoms with van der Waals surface area (Å²) in [7, 11) is 0. The highest BCUT2D eigenvalue weighted by molar-refractivity contribution is 9.10. The molecule has 0 amide bonds. The molecule has 0 fully saturated rings. The average Bonchev–Trinajstić information content (AvgIpc) is 2.83. The Kier molecular flexibility index (Phi) is 1.97. The summed E-state index contributed by atoms with van der Waals surface area (Å²) in [5.41, 5.74) is 9.29. The second-order valence-corrected chi connectivity index (χ2v) is 4.21. The number of imidazole rings is 2. The first-order chi connectivity index (χ1) is 7.74. The van der Waals surface area contributed by atoms with Crippen molar-refractivity contribution in [1.82, 2.24) is 19.9 Å².